The van der Waals surface area contributed by atoms with E-state index < -0.39 is 0 Å². The summed E-state index contributed by atoms with van der Waals surface area (Å²) >= 11 is 1.47. The molecule has 2 aromatic heterocycles. The van der Waals surface area contributed by atoms with E-state index in [4.69, 9.17) is 0 Å². The number of benzene rings is 1. The fourth-order valence-electron chi connectivity index (χ4n) is 4.22. The van der Waals surface area contributed by atoms with Crippen molar-refractivity contribution in [2.75, 3.05) is 12.3 Å². The lowest BCUT2D eigenvalue weighted by molar-refractivity contribution is -0.118. The topological polar surface area (TPSA) is 72.7 Å². The zero-order valence-electron chi connectivity index (χ0n) is 17.9. The zero-order chi connectivity index (χ0) is 21.5. The first-order valence-electron chi connectivity index (χ1n) is 11.0. The summed E-state index contributed by atoms with van der Waals surface area (Å²) in [5.74, 6) is 1.76. The van der Waals surface area contributed by atoms with Gasteiger partial charge in [-0.1, -0.05) is 61.9 Å². The Morgan fingerprint density at radius 1 is 1.13 bits per heavy atom. The Morgan fingerprint density at radius 2 is 1.97 bits per heavy atom. The van der Waals surface area contributed by atoms with Gasteiger partial charge in [0.15, 0.2) is 11.0 Å². The van der Waals surface area contributed by atoms with E-state index in [1.54, 1.807) is 6.20 Å². The van der Waals surface area contributed by atoms with Gasteiger partial charge in [0.2, 0.25) is 5.91 Å². The van der Waals surface area contributed by atoms with Gasteiger partial charge < -0.3 is 5.32 Å². The molecule has 1 fully saturated rings. The van der Waals surface area contributed by atoms with Crippen LogP contribution in [0.3, 0.4) is 0 Å². The third-order valence-corrected chi connectivity index (χ3v) is 6.84. The highest BCUT2D eigenvalue weighted by Crippen LogP contribution is 2.38. The van der Waals surface area contributed by atoms with E-state index in [2.05, 4.69) is 44.1 Å². The largest absolute Gasteiger partial charge is 0.355 e. The fourth-order valence-corrected chi connectivity index (χ4v) is 5.04. The molecule has 31 heavy (non-hydrogen) atoms. The predicted molar refractivity (Wildman–Crippen MR) is 124 cm³/mol. The van der Waals surface area contributed by atoms with Gasteiger partial charge in [0.25, 0.3) is 0 Å². The number of carbonyl (C=O) groups is 1. The normalized spacial score (nSPS) is 18.6. The van der Waals surface area contributed by atoms with Crippen LogP contribution < -0.4 is 5.32 Å². The molecule has 1 aliphatic rings. The number of carbonyl (C=O) groups excluding carboxylic acids is 1. The van der Waals surface area contributed by atoms with Crippen molar-refractivity contribution in [3.05, 3.63) is 60.4 Å². The van der Waals surface area contributed by atoms with Crippen LogP contribution >= 0.6 is 11.8 Å². The van der Waals surface area contributed by atoms with Gasteiger partial charge in [0, 0.05) is 30.5 Å². The lowest BCUT2D eigenvalue weighted by Crippen LogP contribution is -2.28. The van der Waals surface area contributed by atoms with Crippen molar-refractivity contribution < 1.29 is 4.79 Å². The van der Waals surface area contributed by atoms with Crippen LogP contribution in [0, 0.1) is 5.92 Å². The maximum absolute atomic E-state index is 12.4. The summed E-state index contributed by atoms with van der Waals surface area (Å²) in [5, 5.41) is 12.8. The minimum Gasteiger partial charge on any atom is -0.355 e. The molecule has 6 nitrogen and oxygen atoms in total. The Labute approximate surface area is 187 Å². The van der Waals surface area contributed by atoms with Crippen LogP contribution in [0.4, 0.5) is 0 Å². The number of aromatic nitrogens is 4. The predicted octanol–water partition coefficient (Wildman–Crippen LogP) is 4.54. The molecule has 3 aromatic rings. The van der Waals surface area contributed by atoms with Crippen LogP contribution in [-0.4, -0.2) is 38.0 Å². The van der Waals surface area contributed by atoms with Gasteiger partial charge in [-0.15, -0.1) is 10.2 Å². The van der Waals surface area contributed by atoms with Crippen molar-refractivity contribution in [2.24, 2.45) is 5.92 Å². The summed E-state index contributed by atoms with van der Waals surface area (Å²) < 4.78 is 2.25. The minimum absolute atomic E-state index is 0.0232. The molecule has 0 saturated heterocycles. The number of thioether (sulfide) groups is 1. The molecule has 0 bridgehead atoms. The Balaban J connectivity index is 1.43. The van der Waals surface area contributed by atoms with Crippen molar-refractivity contribution >= 4 is 17.7 Å². The van der Waals surface area contributed by atoms with E-state index in [0.29, 0.717) is 24.3 Å². The van der Waals surface area contributed by atoms with E-state index in [0.717, 1.165) is 29.4 Å². The van der Waals surface area contributed by atoms with Crippen molar-refractivity contribution in [1.82, 2.24) is 25.1 Å². The molecular weight excluding hydrogens is 406 g/mol. The fraction of sp³-hybridized carbons (Fsp3) is 0.417. The molecule has 162 valence electrons. The van der Waals surface area contributed by atoms with Crippen LogP contribution in [0.2, 0.25) is 0 Å². The number of hydrogen-bond acceptors (Lipinski definition) is 5. The highest BCUT2D eigenvalue weighted by molar-refractivity contribution is 7.99. The number of amides is 1. The smallest absolute Gasteiger partial charge is 0.230 e. The molecule has 0 unspecified atom stereocenters. The lowest BCUT2D eigenvalue weighted by atomic mass is 9.85. The first-order chi connectivity index (χ1) is 15.2. The molecule has 1 amide bonds. The summed E-state index contributed by atoms with van der Waals surface area (Å²) in [7, 11) is 0. The van der Waals surface area contributed by atoms with Crippen molar-refractivity contribution in [2.45, 2.75) is 50.2 Å². The molecule has 0 spiro atoms. The van der Waals surface area contributed by atoms with Crippen LogP contribution in [0.25, 0.3) is 11.4 Å². The number of nitrogens with one attached hydrogen (secondary N) is 1. The van der Waals surface area contributed by atoms with Crippen molar-refractivity contribution in [3.8, 4) is 11.4 Å². The van der Waals surface area contributed by atoms with Crippen LogP contribution in [0.15, 0.2) is 60.0 Å². The Kier molecular flexibility index (Phi) is 7.35. The molecular formula is C24H29N5OS. The first kappa shape index (κ1) is 21.6. The third-order valence-electron chi connectivity index (χ3n) is 5.89. The van der Waals surface area contributed by atoms with Crippen molar-refractivity contribution in [1.29, 1.82) is 0 Å². The average Bonchev–Trinajstić information content (AvgIpc) is 3.23. The average molecular weight is 436 g/mol. The van der Waals surface area contributed by atoms with Gasteiger partial charge in [-0.3, -0.25) is 14.3 Å². The maximum Gasteiger partial charge on any atom is 0.230 e. The summed E-state index contributed by atoms with van der Waals surface area (Å²) in [6, 6.07) is 14.5. The molecule has 4 rings (SSSR count). The number of hydrogen-bond donors (Lipinski definition) is 1. The van der Waals surface area contributed by atoms with Crippen LogP contribution in [0.5, 0.6) is 0 Å². The first-order valence-corrected chi connectivity index (χ1v) is 12.0. The van der Waals surface area contributed by atoms with Crippen LogP contribution in [-0.2, 0) is 11.2 Å². The van der Waals surface area contributed by atoms with Crippen LogP contribution in [0.1, 0.15) is 44.2 Å². The molecule has 0 radical (unpaired) electrons. The number of pyridine rings is 1. The molecule has 2 atom stereocenters. The van der Waals surface area contributed by atoms with E-state index in [1.165, 1.54) is 36.6 Å². The van der Waals surface area contributed by atoms with Gasteiger partial charge in [-0.25, -0.2) is 0 Å². The van der Waals surface area contributed by atoms with E-state index in [-0.39, 0.29) is 5.91 Å². The van der Waals surface area contributed by atoms with E-state index >= 15 is 0 Å². The van der Waals surface area contributed by atoms with E-state index in [9.17, 15) is 4.79 Å². The second kappa shape index (κ2) is 10.6. The Bertz CT molecular complexity index is 976. The molecule has 1 aromatic carbocycles. The highest BCUT2D eigenvalue weighted by Gasteiger charge is 2.28. The number of nitrogens with zero attached hydrogens (tertiary/aromatic N) is 4. The quantitative estimate of drug-likeness (QED) is 0.526. The zero-order valence-corrected chi connectivity index (χ0v) is 18.7. The van der Waals surface area contributed by atoms with E-state index in [1.807, 2.05) is 36.5 Å². The van der Waals surface area contributed by atoms with Gasteiger partial charge in [-0.05, 0) is 42.9 Å². The summed E-state index contributed by atoms with van der Waals surface area (Å²) in [5.41, 5.74) is 2.19. The Morgan fingerprint density at radius 3 is 2.74 bits per heavy atom. The highest BCUT2D eigenvalue weighted by atomic mass is 32.2. The summed E-state index contributed by atoms with van der Waals surface area (Å²) in [6.45, 7) is 2.94. The van der Waals surface area contributed by atoms with Gasteiger partial charge in [-0.2, -0.15) is 0 Å². The molecule has 0 aliphatic heterocycles. The molecule has 1 N–H and O–H groups in total. The third kappa shape index (κ3) is 5.53. The molecule has 1 saturated carbocycles. The second-order valence-electron chi connectivity index (χ2n) is 8.12. The minimum atomic E-state index is 0.0232. The van der Waals surface area contributed by atoms with Gasteiger partial charge in [0.1, 0.15) is 0 Å². The standard InChI is InChI=1S/C24H29N5OS/c1-18-8-5-6-12-21(18)29-23(20-11-7-14-25-16-20)27-28-24(29)31-17-22(30)26-15-13-19-9-3-2-4-10-19/h2-4,7,9-11,14,16,18,21H,5-6,8,12-13,15,17H2,1H3,(H,26,30)/t18-,21+/m0/s1. The molecule has 2 heterocycles. The summed E-state index contributed by atoms with van der Waals surface area (Å²) in [6.07, 6.45) is 9.24. The van der Waals surface area contributed by atoms with Gasteiger partial charge >= 0.3 is 0 Å². The second-order valence-corrected chi connectivity index (χ2v) is 9.06. The number of rotatable bonds is 8. The van der Waals surface area contributed by atoms with Crippen molar-refractivity contribution in [3.63, 3.8) is 0 Å². The lowest BCUT2D eigenvalue weighted by Gasteiger charge is -2.31. The molecule has 1 aliphatic carbocycles. The Hall–Kier alpha value is -2.67. The summed E-state index contributed by atoms with van der Waals surface area (Å²) in [4.78, 5) is 16.7. The van der Waals surface area contributed by atoms with Gasteiger partial charge in [0.05, 0.1) is 5.75 Å². The maximum atomic E-state index is 12.4. The molecule has 7 heteroatoms. The monoisotopic (exact) mass is 435 g/mol. The SMILES string of the molecule is C[C@H]1CCCC[C@H]1n1c(SCC(=O)NCCc2ccccc2)nnc1-c1cccnc1.